The van der Waals surface area contributed by atoms with Crippen LogP contribution < -0.4 is 5.32 Å². The maximum Gasteiger partial charge on any atom is 0.246 e. The molecule has 2 aliphatic rings. The minimum Gasteiger partial charge on any atom is -0.341 e. The molecular weight excluding hydrogens is 294 g/mol. The summed E-state index contributed by atoms with van der Waals surface area (Å²) in [4.78, 5) is 33.4. The number of hydrogen-bond donors (Lipinski definition) is 1. The van der Waals surface area contributed by atoms with Gasteiger partial charge in [0.15, 0.2) is 0 Å². The molecule has 2 amide bonds. The average Bonchev–Trinajstić information content (AvgIpc) is 3.25. The van der Waals surface area contributed by atoms with Gasteiger partial charge in [0.05, 0.1) is 0 Å². The second kappa shape index (κ2) is 7.12. The van der Waals surface area contributed by atoms with Gasteiger partial charge >= 0.3 is 0 Å². The summed E-state index contributed by atoms with van der Waals surface area (Å²) in [5.74, 6) is 0.983. The van der Waals surface area contributed by atoms with Gasteiger partial charge in [-0.15, -0.1) is 0 Å². The van der Waals surface area contributed by atoms with Gasteiger partial charge in [-0.3, -0.25) is 9.59 Å². The van der Waals surface area contributed by atoms with E-state index in [2.05, 4.69) is 10.3 Å². The molecule has 0 saturated carbocycles. The number of hydrogen-bond acceptors (Lipinski definition) is 4. The molecule has 0 radical (unpaired) electrons. The number of piperazine rings is 1. The van der Waals surface area contributed by atoms with Crippen LogP contribution >= 0.6 is 0 Å². The minimum atomic E-state index is -0.372. The molecule has 2 fully saturated rings. The molecule has 0 spiro atoms. The summed E-state index contributed by atoms with van der Waals surface area (Å²) in [5, 5.41) is 3.24. The Labute approximate surface area is 136 Å². The molecule has 0 aliphatic carbocycles. The molecule has 0 aromatic carbocycles. The highest BCUT2D eigenvalue weighted by molar-refractivity contribution is 5.88. The molecular formula is C16H25N5O2. The highest BCUT2D eigenvalue weighted by Gasteiger charge is 2.35. The Kier molecular flexibility index (Phi) is 4.95. The SMILES string of the molecule is CCc1nccn1CC(=O)N1CCNCC1C(=O)N1CCCC1. The molecule has 0 bridgehead atoms. The van der Waals surface area contributed by atoms with E-state index in [0.717, 1.165) is 44.7 Å². The summed E-state index contributed by atoms with van der Waals surface area (Å²) in [5.41, 5.74) is 0. The van der Waals surface area contributed by atoms with Crippen LogP contribution in [-0.4, -0.2) is 69.9 Å². The molecule has 2 aliphatic heterocycles. The maximum absolute atomic E-state index is 12.7. The molecule has 1 atom stereocenters. The Morgan fingerprint density at radius 2 is 2.09 bits per heavy atom. The van der Waals surface area contributed by atoms with Crippen LogP contribution in [0.3, 0.4) is 0 Å². The van der Waals surface area contributed by atoms with E-state index in [4.69, 9.17) is 0 Å². The van der Waals surface area contributed by atoms with Gasteiger partial charge in [0.1, 0.15) is 18.4 Å². The molecule has 1 aromatic heterocycles. The van der Waals surface area contributed by atoms with Crippen molar-refractivity contribution in [2.75, 3.05) is 32.7 Å². The summed E-state index contributed by atoms with van der Waals surface area (Å²) in [6.45, 7) is 5.78. The number of nitrogens with one attached hydrogen (secondary N) is 1. The Morgan fingerprint density at radius 3 is 2.83 bits per heavy atom. The van der Waals surface area contributed by atoms with Crippen LogP contribution in [0.15, 0.2) is 12.4 Å². The quantitative estimate of drug-likeness (QED) is 0.839. The molecule has 7 heteroatoms. The van der Waals surface area contributed by atoms with E-state index in [-0.39, 0.29) is 24.4 Å². The van der Waals surface area contributed by atoms with Crippen LogP contribution in [0, 0.1) is 0 Å². The van der Waals surface area contributed by atoms with Gasteiger partial charge in [-0.2, -0.15) is 0 Å². The summed E-state index contributed by atoms with van der Waals surface area (Å²) in [6, 6.07) is -0.372. The fraction of sp³-hybridized carbons (Fsp3) is 0.688. The van der Waals surface area contributed by atoms with Gasteiger partial charge in [0.2, 0.25) is 11.8 Å². The van der Waals surface area contributed by atoms with Crippen molar-refractivity contribution in [1.29, 1.82) is 0 Å². The molecule has 1 aromatic rings. The van der Waals surface area contributed by atoms with Crippen LogP contribution in [0.25, 0.3) is 0 Å². The van der Waals surface area contributed by atoms with Crippen LogP contribution in [-0.2, 0) is 22.6 Å². The maximum atomic E-state index is 12.7. The fourth-order valence-electron chi connectivity index (χ4n) is 3.41. The van der Waals surface area contributed by atoms with E-state index >= 15 is 0 Å². The molecule has 23 heavy (non-hydrogen) atoms. The second-order valence-corrected chi connectivity index (χ2v) is 6.16. The van der Waals surface area contributed by atoms with Crippen molar-refractivity contribution in [1.82, 2.24) is 24.7 Å². The molecule has 7 nitrogen and oxygen atoms in total. The third-order valence-corrected chi connectivity index (χ3v) is 4.69. The van der Waals surface area contributed by atoms with Crippen LogP contribution in [0.2, 0.25) is 0 Å². The summed E-state index contributed by atoms with van der Waals surface area (Å²) < 4.78 is 1.88. The predicted molar refractivity (Wildman–Crippen MR) is 85.8 cm³/mol. The zero-order valence-corrected chi connectivity index (χ0v) is 13.7. The summed E-state index contributed by atoms with van der Waals surface area (Å²) in [6.07, 6.45) is 6.47. The van der Waals surface area contributed by atoms with E-state index in [1.54, 1.807) is 11.1 Å². The molecule has 1 N–H and O–H groups in total. The number of aromatic nitrogens is 2. The first-order chi connectivity index (χ1) is 11.2. The zero-order valence-electron chi connectivity index (χ0n) is 13.7. The Bertz CT molecular complexity index is 565. The lowest BCUT2D eigenvalue weighted by atomic mass is 10.1. The standard InChI is InChI=1S/C16H25N5O2/c1-2-14-18-6-9-20(14)12-15(22)21-10-5-17-11-13(21)16(23)19-7-3-4-8-19/h6,9,13,17H,2-5,7-8,10-12H2,1H3. The first-order valence-electron chi connectivity index (χ1n) is 8.49. The van der Waals surface area contributed by atoms with Gasteiger partial charge in [-0.25, -0.2) is 4.98 Å². The van der Waals surface area contributed by atoms with Crippen molar-refractivity contribution >= 4 is 11.8 Å². The molecule has 1 unspecified atom stereocenters. The fourth-order valence-corrected chi connectivity index (χ4v) is 3.41. The van der Waals surface area contributed by atoms with Crippen molar-refractivity contribution in [3.63, 3.8) is 0 Å². The molecule has 126 valence electrons. The van der Waals surface area contributed by atoms with Crippen molar-refractivity contribution in [2.45, 2.75) is 38.8 Å². The molecule has 3 heterocycles. The van der Waals surface area contributed by atoms with Gasteiger partial charge in [0, 0.05) is 51.5 Å². The van der Waals surface area contributed by atoms with Crippen molar-refractivity contribution < 1.29 is 9.59 Å². The van der Waals surface area contributed by atoms with Crippen molar-refractivity contribution in [2.24, 2.45) is 0 Å². The number of carbonyl (C=O) groups excluding carboxylic acids is 2. The van der Waals surface area contributed by atoms with E-state index < -0.39 is 0 Å². The normalized spacial score (nSPS) is 21.7. The highest BCUT2D eigenvalue weighted by Crippen LogP contribution is 2.14. The lowest BCUT2D eigenvalue weighted by Gasteiger charge is -2.37. The topological polar surface area (TPSA) is 70.5 Å². The van der Waals surface area contributed by atoms with Crippen LogP contribution in [0.4, 0.5) is 0 Å². The smallest absolute Gasteiger partial charge is 0.246 e. The first kappa shape index (κ1) is 16.0. The lowest BCUT2D eigenvalue weighted by Crippen LogP contribution is -2.60. The van der Waals surface area contributed by atoms with Crippen molar-refractivity contribution in [3.05, 3.63) is 18.2 Å². The Morgan fingerprint density at radius 1 is 1.30 bits per heavy atom. The van der Waals surface area contributed by atoms with Crippen molar-refractivity contribution in [3.8, 4) is 0 Å². The number of aryl methyl sites for hydroxylation is 1. The molecule has 2 saturated heterocycles. The van der Waals surface area contributed by atoms with Gasteiger partial charge in [0.25, 0.3) is 0 Å². The third kappa shape index (κ3) is 3.39. The van der Waals surface area contributed by atoms with E-state index in [0.29, 0.717) is 13.1 Å². The largest absolute Gasteiger partial charge is 0.341 e. The first-order valence-corrected chi connectivity index (χ1v) is 8.49. The zero-order chi connectivity index (χ0) is 16.2. The number of rotatable bonds is 4. The van der Waals surface area contributed by atoms with Gasteiger partial charge in [-0.05, 0) is 12.8 Å². The summed E-state index contributed by atoms with van der Waals surface area (Å²) >= 11 is 0. The number of imidazole rings is 1. The lowest BCUT2D eigenvalue weighted by molar-refractivity contribution is -0.146. The number of carbonyl (C=O) groups is 2. The molecule has 3 rings (SSSR count). The average molecular weight is 319 g/mol. The van der Waals surface area contributed by atoms with E-state index in [1.807, 2.05) is 22.6 Å². The predicted octanol–water partition coefficient (Wildman–Crippen LogP) is -0.132. The minimum absolute atomic E-state index is 0.00301. The monoisotopic (exact) mass is 319 g/mol. The van der Waals surface area contributed by atoms with E-state index in [9.17, 15) is 9.59 Å². The highest BCUT2D eigenvalue weighted by atomic mass is 16.2. The number of amides is 2. The van der Waals surface area contributed by atoms with Crippen LogP contribution in [0.1, 0.15) is 25.6 Å². The number of likely N-dealkylation sites (tertiary alicyclic amines) is 1. The summed E-state index contributed by atoms with van der Waals surface area (Å²) in [7, 11) is 0. The number of nitrogens with zero attached hydrogens (tertiary/aromatic N) is 4. The van der Waals surface area contributed by atoms with Crippen LogP contribution in [0.5, 0.6) is 0 Å². The third-order valence-electron chi connectivity index (χ3n) is 4.69. The Hall–Kier alpha value is -1.89. The second-order valence-electron chi connectivity index (χ2n) is 6.16. The van der Waals surface area contributed by atoms with Gasteiger partial charge in [-0.1, -0.05) is 6.92 Å². The van der Waals surface area contributed by atoms with Gasteiger partial charge < -0.3 is 19.7 Å². The Balaban J connectivity index is 1.70. The van der Waals surface area contributed by atoms with E-state index in [1.165, 1.54) is 0 Å².